The maximum Gasteiger partial charge on any atom is 0.356 e. The first-order valence-corrected chi connectivity index (χ1v) is 10.9. The van der Waals surface area contributed by atoms with Crippen molar-refractivity contribution in [3.8, 4) is 0 Å². The van der Waals surface area contributed by atoms with Crippen LogP contribution in [-0.2, 0) is 22.5 Å². The molecule has 1 amide bonds. The minimum atomic E-state index is -0.479. The maximum atomic E-state index is 12.7. The summed E-state index contributed by atoms with van der Waals surface area (Å²) in [5.74, 6) is -0.604. The van der Waals surface area contributed by atoms with Gasteiger partial charge in [-0.25, -0.2) is 4.79 Å². The van der Waals surface area contributed by atoms with Gasteiger partial charge in [0.2, 0.25) is 5.91 Å². The number of nitrogens with zero attached hydrogens (tertiary/aromatic N) is 1. The molecule has 1 aliphatic heterocycles. The molecule has 1 aromatic heterocycles. The normalized spacial score (nSPS) is 13.8. The van der Waals surface area contributed by atoms with Crippen LogP contribution in [0.4, 0.5) is 5.69 Å². The van der Waals surface area contributed by atoms with Crippen LogP contribution in [0.2, 0.25) is 0 Å². The van der Waals surface area contributed by atoms with E-state index in [0.717, 1.165) is 34.9 Å². The van der Waals surface area contributed by atoms with Crippen molar-refractivity contribution in [1.82, 2.24) is 9.88 Å². The summed E-state index contributed by atoms with van der Waals surface area (Å²) in [5.41, 5.74) is 4.23. The number of anilines is 1. The number of H-pyrrole nitrogens is 1. The van der Waals surface area contributed by atoms with Crippen molar-refractivity contribution in [2.45, 2.75) is 26.3 Å². The number of aromatic nitrogens is 1. The lowest BCUT2D eigenvalue weighted by molar-refractivity contribution is -0.116. The van der Waals surface area contributed by atoms with Gasteiger partial charge in [-0.15, -0.1) is 0 Å². The number of carbonyl (C=O) groups excluding carboxylic acids is 2. The van der Waals surface area contributed by atoms with Gasteiger partial charge in [0.05, 0.1) is 12.3 Å². The Labute approximate surface area is 183 Å². The first-order valence-electron chi connectivity index (χ1n) is 10.1. The first-order chi connectivity index (χ1) is 14.5. The fraction of sp³-hybridized carbons (Fsp3) is 0.304. The molecule has 30 heavy (non-hydrogen) atoms. The third kappa shape index (κ3) is 4.42. The number of amides is 1. The quantitative estimate of drug-likeness (QED) is 0.521. The van der Waals surface area contributed by atoms with E-state index in [1.165, 1.54) is 11.1 Å². The zero-order chi connectivity index (χ0) is 21.1. The summed E-state index contributed by atoms with van der Waals surface area (Å²) >= 11 is 3.46. The minimum Gasteiger partial charge on any atom is -0.461 e. The molecule has 0 fully saturated rings. The Kier molecular flexibility index (Phi) is 6.20. The van der Waals surface area contributed by atoms with E-state index in [1.54, 1.807) is 6.92 Å². The van der Waals surface area contributed by atoms with Gasteiger partial charge in [0, 0.05) is 41.4 Å². The van der Waals surface area contributed by atoms with Gasteiger partial charge in [-0.2, -0.15) is 0 Å². The molecule has 3 aromatic rings. The lowest BCUT2D eigenvalue weighted by Gasteiger charge is -2.28. The molecule has 2 N–H and O–H groups in total. The Balaban J connectivity index is 1.47. The van der Waals surface area contributed by atoms with Crippen molar-refractivity contribution in [2.24, 2.45) is 0 Å². The second-order valence-electron chi connectivity index (χ2n) is 7.38. The summed E-state index contributed by atoms with van der Waals surface area (Å²) in [6.07, 6.45) is 1.35. The van der Waals surface area contributed by atoms with E-state index in [2.05, 4.69) is 55.4 Å². The average Bonchev–Trinajstić information content (AvgIpc) is 3.10. The Morgan fingerprint density at radius 2 is 2.00 bits per heavy atom. The van der Waals surface area contributed by atoms with Gasteiger partial charge in [-0.05, 0) is 42.7 Å². The number of benzene rings is 2. The number of hydrogen-bond donors (Lipinski definition) is 2. The van der Waals surface area contributed by atoms with Crippen LogP contribution in [0.3, 0.4) is 0 Å². The molecule has 7 heteroatoms. The summed E-state index contributed by atoms with van der Waals surface area (Å²) in [5, 5.41) is 3.71. The van der Waals surface area contributed by atoms with Crippen LogP contribution in [-0.4, -0.2) is 41.5 Å². The molecule has 6 nitrogen and oxygen atoms in total. The summed E-state index contributed by atoms with van der Waals surface area (Å²) in [6, 6.07) is 14.1. The lowest BCUT2D eigenvalue weighted by Crippen LogP contribution is -2.33. The van der Waals surface area contributed by atoms with Crippen molar-refractivity contribution in [1.29, 1.82) is 0 Å². The molecular formula is C23H24BrN3O3. The fourth-order valence-electron chi connectivity index (χ4n) is 3.86. The Morgan fingerprint density at radius 3 is 2.80 bits per heavy atom. The number of halogens is 1. The summed E-state index contributed by atoms with van der Waals surface area (Å²) in [6.45, 7) is 4.49. The zero-order valence-corrected chi connectivity index (χ0v) is 18.4. The number of fused-ring (bicyclic) bond motifs is 2. The molecule has 0 bridgehead atoms. The standard InChI is InChI=1S/C23H24BrN3O3/c1-2-30-23(29)22-21(18-13-17(24)7-8-19(18)25-22)26-20(28)10-12-27-11-9-15-5-3-4-6-16(15)14-27/h3-8,13,25H,2,9-12,14H2,1H3,(H,26,28). The van der Waals surface area contributed by atoms with Crippen molar-refractivity contribution in [3.05, 3.63) is 63.8 Å². The van der Waals surface area contributed by atoms with E-state index < -0.39 is 5.97 Å². The Hall–Kier alpha value is -2.64. The van der Waals surface area contributed by atoms with Gasteiger partial charge in [0.1, 0.15) is 5.69 Å². The number of rotatable bonds is 6. The maximum absolute atomic E-state index is 12.7. The summed E-state index contributed by atoms with van der Waals surface area (Å²) in [4.78, 5) is 30.5. The third-order valence-electron chi connectivity index (χ3n) is 5.37. The monoisotopic (exact) mass is 469 g/mol. The van der Waals surface area contributed by atoms with Crippen LogP contribution < -0.4 is 5.32 Å². The second-order valence-corrected chi connectivity index (χ2v) is 8.29. The number of hydrogen-bond acceptors (Lipinski definition) is 4. The zero-order valence-electron chi connectivity index (χ0n) is 16.8. The largest absolute Gasteiger partial charge is 0.461 e. The van der Waals surface area contributed by atoms with Crippen LogP contribution in [0.25, 0.3) is 10.9 Å². The predicted octanol–water partition coefficient (Wildman–Crippen LogP) is 4.49. The van der Waals surface area contributed by atoms with Crippen molar-refractivity contribution < 1.29 is 14.3 Å². The lowest BCUT2D eigenvalue weighted by atomic mass is 10.00. The predicted molar refractivity (Wildman–Crippen MR) is 121 cm³/mol. The van der Waals surface area contributed by atoms with Gasteiger partial charge in [0.15, 0.2) is 0 Å². The molecule has 0 atom stereocenters. The van der Waals surface area contributed by atoms with E-state index >= 15 is 0 Å². The fourth-order valence-corrected chi connectivity index (χ4v) is 4.22. The van der Waals surface area contributed by atoms with E-state index in [9.17, 15) is 9.59 Å². The van der Waals surface area contributed by atoms with Gasteiger partial charge in [0.25, 0.3) is 0 Å². The highest BCUT2D eigenvalue weighted by atomic mass is 79.9. The number of carbonyl (C=O) groups is 2. The number of esters is 1. The van der Waals surface area contributed by atoms with Gasteiger partial charge >= 0.3 is 5.97 Å². The van der Waals surface area contributed by atoms with Crippen LogP contribution >= 0.6 is 15.9 Å². The molecule has 0 aliphatic carbocycles. The molecule has 0 radical (unpaired) electrons. The van der Waals surface area contributed by atoms with Crippen molar-refractivity contribution in [3.63, 3.8) is 0 Å². The molecule has 0 saturated carbocycles. The van der Waals surface area contributed by atoms with Crippen LogP contribution in [0.15, 0.2) is 46.9 Å². The average molecular weight is 470 g/mol. The third-order valence-corrected chi connectivity index (χ3v) is 5.86. The molecule has 0 saturated heterocycles. The van der Waals surface area contributed by atoms with E-state index in [4.69, 9.17) is 4.74 Å². The molecule has 4 rings (SSSR count). The van der Waals surface area contributed by atoms with E-state index in [-0.39, 0.29) is 18.2 Å². The highest BCUT2D eigenvalue weighted by molar-refractivity contribution is 9.10. The molecule has 0 spiro atoms. The van der Waals surface area contributed by atoms with Crippen LogP contribution in [0, 0.1) is 0 Å². The molecule has 2 heterocycles. The molecule has 156 valence electrons. The molecular weight excluding hydrogens is 446 g/mol. The highest BCUT2D eigenvalue weighted by Crippen LogP contribution is 2.31. The van der Waals surface area contributed by atoms with Gasteiger partial charge in [-0.1, -0.05) is 40.2 Å². The Bertz CT molecular complexity index is 1090. The van der Waals surface area contributed by atoms with Gasteiger partial charge < -0.3 is 15.0 Å². The summed E-state index contributed by atoms with van der Waals surface area (Å²) in [7, 11) is 0. The SMILES string of the molecule is CCOC(=O)c1[nH]c2ccc(Br)cc2c1NC(=O)CCN1CCc2ccccc2C1. The topological polar surface area (TPSA) is 74.4 Å². The number of aromatic amines is 1. The molecule has 2 aromatic carbocycles. The first kappa shape index (κ1) is 20.6. The molecule has 0 unspecified atom stereocenters. The summed E-state index contributed by atoms with van der Waals surface area (Å²) < 4.78 is 6.02. The van der Waals surface area contributed by atoms with E-state index in [1.807, 2.05) is 18.2 Å². The van der Waals surface area contributed by atoms with Crippen LogP contribution in [0.1, 0.15) is 35.0 Å². The Morgan fingerprint density at radius 1 is 1.20 bits per heavy atom. The van der Waals surface area contributed by atoms with E-state index in [0.29, 0.717) is 18.7 Å². The smallest absolute Gasteiger partial charge is 0.356 e. The highest BCUT2D eigenvalue weighted by Gasteiger charge is 2.22. The number of nitrogens with one attached hydrogen (secondary N) is 2. The molecule has 1 aliphatic rings. The van der Waals surface area contributed by atoms with Crippen molar-refractivity contribution >= 4 is 44.4 Å². The minimum absolute atomic E-state index is 0.125. The second kappa shape index (κ2) is 9.02. The number of ether oxygens (including phenoxy) is 1. The van der Waals surface area contributed by atoms with Crippen LogP contribution in [0.5, 0.6) is 0 Å². The van der Waals surface area contributed by atoms with Crippen molar-refractivity contribution in [2.75, 3.05) is 25.0 Å². The van der Waals surface area contributed by atoms with Gasteiger partial charge in [-0.3, -0.25) is 9.69 Å².